The van der Waals surface area contributed by atoms with E-state index in [1.165, 1.54) is 6.33 Å². The third-order valence-corrected chi connectivity index (χ3v) is 3.62. The number of nitrogens with zero attached hydrogens (tertiary/aromatic N) is 5. The van der Waals surface area contributed by atoms with Crippen molar-refractivity contribution in [1.82, 2.24) is 25.1 Å². The minimum Gasteiger partial charge on any atom is -0.353 e. The Hall–Kier alpha value is -2.44. The first-order chi connectivity index (χ1) is 10.2. The maximum Gasteiger partial charge on any atom is 0.271 e. The number of nitrogens with one attached hydrogen (secondary N) is 1. The molecule has 1 N–H and O–H groups in total. The van der Waals surface area contributed by atoms with Crippen molar-refractivity contribution >= 4 is 11.7 Å². The molecule has 1 aliphatic rings. The van der Waals surface area contributed by atoms with Gasteiger partial charge in [-0.1, -0.05) is 0 Å². The van der Waals surface area contributed by atoms with Crippen LogP contribution in [-0.4, -0.2) is 57.2 Å². The SMILES string of the molecule is Cc1ccc(N2CCCN(C(=O)c3cnc[nH]3)CC2)nn1. The zero-order valence-corrected chi connectivity index (χ0v) is 12.0. The van der Waals surface area contributed by atoms with Crippen LogP contribution in [0.4, 0.5) is 5.82 Å². The van der Waals surface area contributed by atoms with Crippen LogP contribution in [0.2, 0.25) is 0 Å². The number of carbonyl (C=O) groups excluding carboxylic acids is 1. The van der Waals surface area contributed by atoms with E-state index in [-0.39, 0.29) is 5.91 Å². The van der Waals surface area contributed by atoms with Crippen molar-refractivity contribution in [1.29, 1.82) is 0 Å². The highest BCUT2D eigenvalue weighted by molar-refractivity contribution is 5.92. The number of rotatable bonds is 2. The summed E-state index contributed by atoms with van der Waals surface area (Å²) in [6.45, 7) is 4.98. The van der Waals surface area contributed by atoms with Gasteiger partial charge in [0.1, 0.15) is 5.69 Å². The number of aromatic amines is 1. The van der Waals surface area contributed by atoms with Crippen LogP contribution in [-0.2, 0) is 0 Å². The monoisotopic (exact) mass is 286 g/mol. The van der Waals surface area contributed by atoms with E-state index in [0.717, 1.165) is 37.6 Å². The number of aromatic nitrogens is 4. The summed E-state index contributed by atoms with van der Waals surface area (Å²) in [5.74, 6) is 0.876. The molecule has 7 heteroatoms. The Morgan fingerprint density at radius 1 is 1.19 bits per heavy atom. The Bertz CT molecular complexity index is 594. The van der Waals surface area contributed by atoms with E-state index in [2.05, 4.69) is 25.1 Å². The molecule has 0 unspecified atom stereocenters. The quantitative estimate of drug-likeness (QED) is 0.886. The second-order valence-corrected chi connectivity index (χ2v) is 5.13. The van der Waals surface area contributed by atoms with E-state index >= 15 is 0 Å². The minimum absolute atomic E-state index is 0.00402. The van der Waals surface area contributed by atoms with Crippen LogP contribution in [0.25, 0.3) is 0 Å². The molecule has 0 saturated carbocycles. The van der Waals surface area contributed by atoms with Gasteiger partial charge in [0.05, 0.1) is 18.2 Å². The van der Waals surface area contributed by atoms with Gasteiger partial charge in [-0.3, -0.25) is 4.79 Å². The first-order valence-electron chi connectivity index (χ1n) is 7.07. The fourth-order valence-electron chi connectivity index (χ4n) is 2.45. The first-order valence-corrected chi connectivity index (χ1v) is 7.07. The Morgan fingerprint density at radius 2 is 2.10 bits per heavy atom. The van der Waals surface area contributed by atoms with Gasteiger partial charge < -0.3 is 14.8 Å². The van der Waals surface area contributed by atoms with Gasteiger partial charge >= 0.3 is 0 Å². The predicted molar refractivity (Wildman–Crippen MR) is 78.1 cm³/mol. The van der Waals surface area contributed by atoms with Crippen LogP contribution in [0.15, 0.2) is 24.7 Å². The molecule has 21 heavy (non-hydrogen) atoms. The Kier molecular flexibility index (Phi) is 3.81. The van der Waals surface area contributed by atoms with Crippen molar-refractivity contribution in [3.63, 3.8) is 0 Å². The lowest BCUT2D eigenvalue weighted by molar-refractivity contribution is 0.0761. The summed E-state index contributed by atoms with van der Waals surface area (Å²) in [6, 6.07) is 3.94. The molecule has 1 amide bonds. The Labute approximate surface area is 123 Å². The molecule has 2 aromatic heterocycles. The van der Waals surface area contributed by atoms with Gasteiger partial charge in [-0.2, -0.15) is 5.10 Å². The number of imidazole rings is 1. The van der Waals surface area contributed by atoms with E-state index in [1.807, 2.05) is 24.0 Å². The van der Waals surface area contributed by atoms with E-state index in [4.69, 9.17) is 0 Å². The number of H-pyrrole nitrogens is 1. The first kappa shape index (κ1) is 13.5. The van der Waals surface area contributed by atoms with Gasteiger partial charge in [-0.05, 0) is 25.5 Å². The molecular formula is C14H18N6O. The molecule has 110 valence electrons. The van der Waals surface area contributed by atoms with Crippen molar-refractivity contribution < 1.29 is 4.79 Å². The summed E-state index contributed by atoms with van der Waals surface area (Å²) in [7, 11) is 0. The van der Waals surface area contributed by atoms with Crippen LogP contribution in [0.5, 0.6) is 0 Å². The summed E-state index contributed by atoms with van der Waals surface area (Å²) in [6.07, 6.45) is 4.01. The van der Waals surface area contributed by atoms with E-state index in [9.17, 15) is 4.79 Å². The van der Waals surface area contributed by atoms with Gasteiger partial charge in [0.15, 0.2) is 5.82 Å². The van der Waals surface area contributed by atoms with Crippen molar-refractivity contribution in [3.05, 3.63) is 36.0 Å². The van der Waals surface area contributed by atoms with E-state index < -0.39 is 0 Å². The third-order valence-electron chi connectivity index (χ3n) is 3.62. The topological polar surface area (TPSA) is 78.0 Å². The number of aryl methyl sites for hydroxylation is 1. The number of anilines is 1. The normalized spacial score (nSPS) is 15.9. The van der Waals surface area contributed by atoms with Crippen LogP contribution < -0.4 is 4.90 Å². The molecule has 0 atom stereocenters. The zero-order chi connectivity index (χ0) is 14.7. The molecular weight excluding hydrogens is 268 g/mol. The lowest BCUT2D eigenvalue weighted by atomic mass is 10.3. The maximum absolute atomic E-state index is 12.3. The number of hydrogen-bond acceptors (Lipinski definition) is 5. The summed E-state index contributed by atoms with van der Waals surface area (Å²) in [5, 5.41) is 8.31. The molecule has 0 bridgehead atoms. The molecule has 7 nitrogen and oxygen atoms in total. The lowest BCUT2D eigenvalue weighted by Gasteiger charge is -2.22. The number of hydrogen-bond donors (Lipinski definition) is 1. The Morgan fingerprint density at radius 3 is 2.81 bits per heavy atom. The average molecular weight is 286 g/mol. The van der Waals surface area contributed by atoms with Crippen molar-refractivity contribution in [2.75, 3.05) is 31.1 Å². The lowest BCUT2D eigenvalue weighted by Crippen LogP contribution is -2.35. The molecule has 2 aromatic rings. The summed E-state index contributed by atoms with van der Waals surface area (Å²) >= 11 is 0. The summed E-state index contributed by atoms with van der Waals surface area (Å²) in [4.78, 5) is 23.1. The van der Waals surface area contributed by atoms with Crippen molar-refractivity contribution in [2.24, 2.45) is 0 Å². The van der Waals surface area contributed by atoms with Gasteiger partial charge in [0.2, 0.25) is 0 Å². The fourth-order valence-corrected chi connectivity index (χ4v) is 2.45. The van der Waals surface area contributed by atoms with E-state index in [1.54, 1.807) is 6.20 Å². The van der Waals surface area contributed by atoms with Crippen LogP contribution in [0, 0.1) is 6.92 Å². The second-order valence-electron chi connectivity index (χ2n) is 5.13. The summed E-state index contributed by atoms with van der Waals surface area (Å²) < 4.78 is 0. The van der Waals surface area contributed by atoms with Gasteiger partial charge in [-0.15, -0.1) is 5.10 Å². The van der Waals surface area contributed by atoms with Crippen LogP contribution >= 0.6 is 0 Å². The Balaban J connectivity index is 1.66. The van der Waals surface area contributed by atoms with Crippen LogP contribution in [0.3, 0.4) is 0 Å². The smallest absolute Gasteiger partial charge is 0.271 e. The highest BCUT2D eigenvalue weighted by Crippen LogP contribution is 2.14. The summed E-state index contributed by atoms with van der Waals surface area (Å²) in [5.41, 5.74) is 1.45. The van der Waals surface area contributed by atoms with Crippen molar-refractivity contribution in [3.8, 4) is 0 Å². The second kappa shape index (κ2) is 5.90. The molecule has 3 rings (SSSR count). The van der Waals surface area contributed by atoms with Gasteiger partial charge in [-0.25, -0.2) is 4.98 Å². The fraction of sp³-hybridized carbons (Fsp3) is 0.429. The van der Waals surface area contributed by atoms with Gasteiger partial charge in [0.25, 0.3) is 5.91 Å². The average Bonchev–Trinajstić information content (AvgIpc) is 2.92. The molecule has 0 aliphatic carbocycles. The highest BCUT2D eigenvalue weighted by Gasteiger charge is 2.21. The molecule has 0 radical (unpaired) electrons. The molecule has 1 aliphatic heterocycles. The molecule has 0 aromatic carbocycles. The molecule has 1 saturated heterocycles. The van der Waals surface area contributed by atoms with E-state index in [0.29, 0.717) is 12.2 Å². The largest absolute Gasteiger partial charge is 0.353 e. The highest BCUT2D eigenvalue weighted by atomic mass is 16.2. The number of carbonyl (C=O) groups is 1. The van der Waals surface area contributed by atoms with Crippen molar-refractivity contribution in [2.45, 2.75) is 13.3 Å². The standard InChI is InChI=1S/C14H18N6O/c1-11-3-4-13(18-17-11)19-5-2-6-20(8-7-19)14(21)12-9-15-10-16-12/h3-4,9-10H,2,5-8H2,1H3,(H,15,16). The predicted octanol–water partition coefficient (Wildman–Crippen LogP) is 0.861. The molecule has 3 heterocycles. The number of amides is 1. The minimum atomic E-state index is 0.00402. The zero-order valence-electron chi connectivity index (χ0n) is 12.0. The van der Waals surface area contributed by atoms with Gasteiger partial charge in [0, 0.05) is 26.2 Å². The maximum atomic E-state index is 12.3. The van der Waals surface area contributed by atoms with Crippen LogP contribution in [0.1, 0.15) is 22.6 Å². The third kappa shape index (κ3) is 3.01. The molecule has 1 fully saturated rings. The molecule has 0 spiro atoms.